The van der Waals surface area contributed by atoms with Gasteiger partial charge in [0.15, 0.2) is 0 Å². The van der Waals surface area contributed by atoms with Gasteiger partial charge < -0.3 is 16.7 Å². The molecular formula is C12H10FN4O3SY-. The summed E-state index contributed by atoms with van der Waals surface area (Å²) in [5.74, 6) is -1.38. The molecule has 0 aliphatic heterocycles. The fourth-order valence-corrected chi connectivity index (χ4v) is 1.62. The Bertz CT molecular complexity index is 650. The number of benzene rings is 1. The molecule has 0 atom stereocenters. The van der Waals surface area contributed by atoms with Gasteiger partial charge in [0.25, 0.3) is 5.91 Å². The summed E-state index contributed by atoms with van der Waals surface area (Å²) in [6.45, 7) is 3.61. The summed E-state index contributed by atoms with van der Waals surface area (Å²) in [4.78, 5) is 23.6. The molecule has 22 heavy (non-hydrogen) atoms. The normalized spacial score (nSPS) is 9.73. The Balaban J connectivity index is 0.00000242. The third-order valence-corrected chi connectivity index (χ3v) is 2.78. The number of amides is 2. The second-order valence-electron chi connectivity index (χ2n) is 3.72. The van der Waals surface area contributed by atoms with Gasteiger partial charge in [0.1, 0.15) is 0 Å². The van der Waals surface area contributed by atoms with Crippen molar-refractivity contribution in [1.29, 1.82) is 0 Å². The van der Waals surface area contributed by atoms with E-state index in [-0.39, 0.29) is 68.9 Å². The van der Waals surface area contributed by atoms with Gasteiger partial charge in [-0.25, -0.2) is 0 Å². The second kappa shape index (κ2) is 8.97. The van der Waals surface area contributed by atoms with Crippen LogP contribution in [0.4, 0.5) is 9.90 Å². The summed E-state index contributed by atoms with van der Waals surface area (Å²) in [6.07, 6.45) is 0. The summed E-state index contributed by atoms with van der Waals surface area (Å²) < 4.78 is 17.3. The van der Waals surface area contributed by atoms with Crippen LogP contribution in [0, 0.1) is 6.92 Å². The number of aromatic nitrogens is 2. The van der Waals surface area contributed by atoms with Gasteiger partial charge in [0, 0.05) is 43.2 Å². The Hall–Kier alpha value is -1.32. The topological polar surface area (TPSA) is 97.1 Å². The predicted octanol–water partition coefficient (Wildman–Crippen LogP) is 1.86. The largest absolute Gasteiger partial charge is 0.399 e. The first-order valence-electron chi connectivity index (χ1n) is 5.75. The second-order valence-corrected chi connectivity index (χ2v) is 4.35. The number of carbonyl (C=O) groups is 2. The van der Waals surface area contributed by atoms with Crippen LogP contribution in [0.5, 0.6) is 0 Å². The van der Waals surface area contributed by atoms with Gasteiger partial charge in [-0.1, -0.05) is 5.10 Å². The van der Waals surface area contributed by atoms with E-state index in [0.717, 1.165) is 0 Å². The molecule has 0 aliphatic carbocycles. The zero-order chi connectivity index (χ0) is 15.2. The number of carbonyl (C=O) groups excluding carboxylic acids is 2. The van der Waals surface area contributed by atoms with Gasteiger partial charge in [-0.05, 0) is 24.3 Å². The molecule has 1 aromatic carbocycles. The van der Waals surface area contributed by atoms with E-state index in [2.05, 4.69) is 27.8 Å². The molecule has 2 amide bonds. The van der Waals surface area contributed by atoms with Crippen LogP contribution < -0.4 is 10.6 Å². The van der Waals surface area contributed by atoms with E-state index in [0.29, 0.717) is 4.90 Å². The molecular weight excluding hydrogens is 388 g/mol. The fourth-order valence-electron chi connectivity index (χ4n) is 1.38. The van der Waals surface area contributed by atoms with Gasteiger partial charge in [-0.3, -0.25) is 14.9 Å². The number of hydrogen-bond donors (Lipinski definition) is 2. The molecule has 0 aliphatic rings. The van der Waals surface area contributed by atoms with Gasteiger partial charge in [-0.2, -0.15) is 3.89 Å². The van der Waals surface area contributed by atoms with E-state index >= 15 is 0 Å². The average molecular weight is 398 g/mol. The van der Waals surface area contributed by atoms with Gasteiger partial charge in [0.05, 0.1) is 12.1 Å². The zero-order valence-electron chi connectivity index (χ0n) is 11.2. The van der Waals surface area contributed by atoms with Crippen molar-refractivity contribution >= 4 is 30.0 Å². The Morgan fingerprint density at radius 2 is 1.91 bits per heavy atom. The monoisotopic (exact) mass is 398 g/mol. The molecule has 0 unspecified atom stereocenters. The van der Waals surface area contributed by atoms with Crippen molar-refractivity contribution in [3.8, 4) is 0 Å². The van der Waals surface area contributed by atoms with Crippen LogP contribution in [-0.4, -0.2) is 28.6 Å². The minimum Gasteiger partial charge on any atom is -0.399 e. The summed E-state index contributed by atoms with van der Waals surface area (Å²) >= 11 is 0.0822. The Labute approximate surface area is 155 Å². The number of anilines is 1. The fraction of sp³-hybridized carbons (Fsp3) is 0.0833. The first kappa shape index (κ1) is 18.7. The Morgan fingerprint density at radius 3 is 2.50 bits per heavy atom. The molecule has 0 saturated carbocycles. The number of halogens is 1. The van der Waals surface area contributed by atoms with E-state index in [1.165, 1.54) is 24.3 Å². The van der Waals surface area contributed by atoms with Crippen LogP contribution in [0.3, 0.4) is 0 Å². The molecule has 1 aromatic heterocycles. The maximum Gasteiger partial charge on any atom is 0.322 e. The van der Waals surface area contributed by atoms with Crippen molar-refractivity contribution in [1.82, 2.24) is 15.5 Å². The maximum atomic E-state index is 12.3. The standard InChI is InChI=1S/C12H10FN4O3S.Y/c1-2-14-10(19)11-16-17-12(20-11)15-9(18)7-3-5-8(21-13)6-4-7;/h3-6H,1-2H2,(H,14,19)(H,15,17,18);/q-1;. The van der Waals surface area contributed by atoms with Crippen LogP contribution in [0.1, 0.15) is 21.0 Å². The summed E-state index contributed by atoms with van der Waals surface area (Å²) in [7, 11) is 0. The van der Waals surface area contributed by atoms with Crippen LogP contribution in [0.2, 0.25) is 0 Å². The van der Waals surface area contributed by atoms with Crippen molar-refractivity contribution in [2.75, 3.05) is 11.9 Å². The molecule has 0 fully saturated rings. The Morgan fingerprint density at radius 1 is 1.23 bits per heavy atom. The average Bonchev–Trinajstić information content (AvgIpc) is 2.96. The van der Waals surface area contributed by atoms with Crippen LogP contribution >= 0.6 is 12.1 Å². The molecule has 2 aromatic rings. The Kier molecular flexibility index (Phi) is 7.63. The van der Waals surface area contributed by atoms with E-state index in [4.69, 9.17) is 4.42 Å². The van der Waals surface area contributed by atoms with E-state index in [1.54, 1.807) is 0 Å². The maximum absolute atomic E-state index is 12.3. The van der Waals surface area contributed by atoms with Crippen molar-refractivity contribution in [3.63, 3.8) is 0 Å². The molecule has 0 bridgehead atoms. The van der Waals surface area contributed by atoms with Crippen molar-refractivity contribution in [2.45, 2.75) is 4.90 Å². The zero-order valence-corrected chi connectivity index (χ0v) is 14.9. The first-order valence-corrected chi connectivity index (χ1v) is 6.46. The summed E-state index contributed by atoms with van der Waals surface area (Å²) in [5, 5.41) is 11.7. The van der Waals surface area contributed by atoms with E-state index < -0.39 is 11.8 Å². The molecule has 10 heteroatoms. The van der Waals surface area contributed by atoms with Crippen LogP contribution in [0.15, 0.2) is 33.6 Å². The summed E-state index contributed by atoms with van der Waals surface area (Å²) in [5.41, 5.74) is 0.287. The van der Waals surface area contributed by atoms with Crippen molar-refractivity contribution < 1.29 is 50.6 Å². The smallest absolute Gasteiger partial charge is 0.322 e. The number of nitrogens with zero attached hydrogens (tertiary/aromatic N) is 2. The van der Waals surface area contributed by atoms with Gasteiger partial charge >= 0.3 is 17.8 Å². The minimum absolute atomic E-state index is 0. The SMILES string of the molecule is [CH2-]CNC(=O)c1nnc(NC(=O)c2ccc(SF)cc2)o1.[Y]. The molecule has 0 saturated heterocycles. The molecule has 2 N–H and O–H groups in total. The predicted molar refractivity (Wildman–Crippen MR) is 73.3 cm³/mol. The third kappa shape index (κ3) is 4.86. The van der Waals surface area contributed by atoms with E-state index in [1.807, 2.05) is 0 Å². The third-order valence-electron chi connectivity index (χ3n) is 2.33. The molecule has 1 heterocycles. The molecule has 0 spiro atoms. The van der Waals surface area contributed by atoms with Gasteiger partial charge in [-0.15, -0.1) is 11.6 Å². The molecule has 113 valence electrons. The number of rotatable bonds is 5. The van der Waals surface area contributed by atoms with Crippen LogP contribution in [-0.2, 0) is 32.7 Å². The first-order chi connectivity index (χ1) is 10.1. The van der Waals surface area contributed by atoms with E-state index in [9.17, 15) is 13.5 Å². The van der Waals surface area contributed by atoms with Crippen molar-refractivity contribution in [2.24, 2.45) is 0 Å². The van der Waals surface area contributed by atoms with Crippen LogP contribution in [0.25, 0.3) is 0 Å². The molecule has 2 rings (SSSR count). The molecule has 7 nitrogen and oxygen atoms in total. The molecule has 1 radical (unpaired) electrons. The summed E-state index contributed by atoms with van der Waals surface area (Å²) in [6, 6.07) is 5.60. The number of hydrogen-bond acceptors (Lipinski definition) is 6. The number of nitrogens with one attached hydrogen (secondary N) is 2. The quantitative estimate of drug-likeness (QED) is 0.747. The van der Waals surface area contributed by atoms with Crippen molar-refractivity contribution in [3.05, 3.63) is 42.6 Å². The van der Waals surface area contributed by atoms with Gasteiger partial charge in [0.2, 0.25) is 0 Å². The minimum atomic E-state index is -0.581.